The molecule has 0 aliphatic heterocycles. The lowest BCUT2D eigenvalue weighted by molar-refractivity contribution is 0.325. The van der Waals surface area contributed by atoms with Crippen molar-refractivity contribution in [3.63, 3.8) is 0 Å². The highest BCUT2D eigenvalue weighted by molar-refractivity contribution is 7.92. The minimum absolute atomic E-state index is 0.0202. The van der Waals surface area contributed by atoms with Gasteiger partial charge in [0, 0.05) is 12.1 Å². The van der Waals surface area contributed by atoms with Crippen LogP contribution >= 0.6 is 0 Å². The van der Waals surface area contributed by atoms with E-state index < -0.39 is 10.0 Å². The zero-order valence-corrected chi connectivity index (χ0v) is 14.7. The first-order chi connectivity index (χ1) is 11.5. The molecule has 0 heterocycles. The molecule has 0 aromatic heterocycles. The number of hydrogen-bond donors (Lipinski definition) is 1. The fraction of sp³-hybridized carbons (Fsp3) is 0.294. The van der Waals surface area contributed by atoms with Crippen molar-refractivity contribution in [2.45, 2.75) is 6.42 Å². The van der Waals surface area contributed by atoms with Gasteiger partial charge in [-0.3, -0.25) is 4.72 Å². The molecular weight excluding hydrogens is 330 g/mol. The fourth-order valence-electron chi connectivity index (χ4n) is 2.27. The molecule has 0 spiro atoms. The maximum absolute atomic E-state index is 12.3. The molecule has 130 valence electrons. The highest BCUT2D eigenvalue weighted by atomic mass is 32.2. The molecule has 0 radical (unpaired) electrons. The monoisotopic (exact) mass is 351 g/mol. The molecule has 0 saturated heterocycles. The summed E-state index contributed by atoms with van der Waals surface area (Å²) >= 11 is 0. The number of benzene rings is 2. The van der Waals surface area contributed by atoms with Gasteiger partial charge in [-0.25, -0.2) is 8.42 Å². The van der Waals surface area contributed by atoms with Gasteiger partial charge in [0.1, 0.15) is 0 Å². The van der Waals surface area contributed by atoms with Gasteiger partial charge < -0.3 is 14.2 Å². The smallest absolute Gasteiger partial charge is 0.233 e. The van der Waals surface area contributed by atoms with Crippen LogP contribution in [0.3, 0.4) is 0 Å². The van der Waals surface area contributed by atoms with Crippen LogP contribution in [-0.2, 0) is 16.4 Å². The number of ether oxygens (including phenoxy) is 3. The van der Waals surface area contributed by atoms with Crippen molar-refractivity contribution in [2.75, 3.05) is 31.8 Å². The van der Waals surface area contributed by atoms with Gasteiger partial charge in [0.2, 0.25) is 15.8 Å². The summed E-state index contributed by atoms with van der Waals surface area (Å²) in [5, 5.41) is 0. The van der Waals surface area contributed by atoms with Gasteiger partial charge in [-0.2, -0.15) is 0 Å². The van der Waals surface area contributed by atoms with E-state index in [1.165, 1.54) is 21.3 Å². The molecule has 0 bridgehead atoms. The molecule has 0 aliphatic rings. The van der Waals surface area contributed by atoms with Gasteiger partial charge in [0.15, 0.2) is 11.5 Å². The van der Waals surface area contributed by atoms with Gasteiger partial charge in [-0.1, -0.05) is 30.3 Å². The van der Waals surface area contributed by atoms with E-state index in [0.717, 1.165) is 5.56 Å². The minimum Gasteiger partial charge on any atom is -0.493 e. The van der Waals surface area contributed by atoms with Crippen LogP contribution in [0.15, 0.2) is 42.5 Å². The first-order valence-electron chi connectivity index (χ1n) is 7.33. The van der Waals surface area contributed by atoms with E-state index in [-0.39, 0.29) is 5.75 Å². The Hall–Kier alpha value is -2.41. The summed E-state index contributed by atoms with van der Waals surface area (Å²) in [7, 11) is 0.940. The number of anilines is 1. The second-order valence-corrected chi connectivity index (χ2v) is 6.91. The van der Waals surface area contributed by atoms with Crippen LogP contribution in [0.25, 0.3) is 0 Å². The zero-order chi connectivity index (χ0) is 17.6. The van der Waals surface area contributed by atoms with Crippen molar-refractivity contribution in [1.29, 1.82) is 0 Å². The number of methoxy groups -OCH3 is 3. The predicted octanol–water partition coefficient (Wildman–Crippen LogP) is 2.70. The van der Waals surface area contributed by atoms with E-state index in [9.17, 15) is 8.42 Å². The number of hydrogen-bond acceptors (Lipinski definition) is 5. The highest BCUT2D eigenvalue weighted by Gasteiger charge is 2.17. The molecular formula is C17H21NO5S. The first kappa shape index (κ1) is 17.9. The van der Waals surface area contributed by atoms with Crippen LogP contribution in [0, 0.1) is 0 Å². The van der Waals surface area contributed by atoms with Crippen LogP contribution in [0.2, 0.25) is 0 Å². The van der Waals surface area contributed by atoms with Crippen LogP contribution < -0.4 is 18.9 Å². The number of aryl methyl sites for hydroxylation is 1. The maximum Gasteiger partial charge on any atom is 0.233 e. The van der Waals surface area contributed by atoms with Crippen molar-refractivity contribution < 1.29 is 22.6 Å². The highest BCUT2D eigenvalue weighted by Crippen LogP contribution is 2.40. The molecule has 0 fully saturated rings. The Balaban J connectivity index is 2.16. The quantitative estimate of drug-likeness (QED) is 0.791. The third-order valence-electron chi connectivity index (χ3n) is 3.44. The summed E-state index contributed by atoms with van der Waals surface area (Å²) in [6.07, 6.45) is 0.431. The van der Waals surface area contributed by atoms with Gasteiger partial charge in [-0.05, 0) is 12.0 Å². The van der Waals surface area contributed by atoms with E-state index in [2.05, 4.69) is 4.72 Å². The molecule has 2 aromatic carbocycles. The minimum atomic E-state index is -3.50. The van der Waals surface area contributed by atoms with Crippen LogP contribution in [0.1, 0.15) is 5.56 Å². The Labute approximate surface area is 142 Å². The Morgan fingerprint density at radius 2 is 1.50 bits per heavy atom. The SMILES string of the molecule is COc1cc(NS(=O)(=O)CCc2ccccc2)cc(OC)c1OC. The van der Waals surface area contributed by atoms with Gasteiger partial charge in [0.25, 0.3) is 0 Å². The molecule has 0 atom stereocenters. The largest absolute Gasteiger partial charge is 0.493 e. The molecule has 2 rings (SSSR count). The average Bonchev–Trinajstić information content (AvgIpc) is 2.59. The fourth-order valence-corrected chi connectivity index (χ4v) is 3.35. The lowest BCUT2D eigenvalue weighted by Crippen LogP contribution is -2.18. The molecule has 1 N–H and O–H groups in total. The summed E-state index contributed by atoms with van der Waals surface area (Å²) in [4.78, 5) is 0. The predicted molar refractivity (Wildman–Crippen MR) is 93.7 cm³/mol. The van der Waals surface area contributed by atoms with Crippen molar-refractivity contribution >= 4 is 15.7 Å². The molecule has 0 unspecified atom stereocenters. The number of rotatable bonds is 8. The van der Waals surface area contributed by atoms with E-state index in [1.807, 2.05) is 30.3 Å². The maximum atomic E-state index is 12.3. The van der Waals surface area contributed by atoms with Gasteiger partial charge >= 0.3 is 0 Å². The molecule has 24 heavy (non-hydrogen) atoms. The van der Waals surface area contributed by atoms with E-state index in [4.69, 9.17) is 14.2 Å². The molecule has 7 heteroatoms. The average molecular weight is 351 g/mol. The molecule has 0 aliphatic carbocycles. The van der Waals surface area contributed by atoms with E-state index in [1.54, 1.807) is 12.1 Å². The molecule has 6 nitrogen and oxygen atoms in total. The second-order valence-electron chi connectivity index (χ2n) is 5.07. The van der Waals surface area contributed by atoms with Crippen molar-refractivity contribution in [1.82, 2.24) is 0 Å². The summed E-state index contributed by atoms with van der Waals surface area (Å²) in [6.45, 7) is 0. The Morgan fingerprint density at radius 3 is 2.00 bits per heavy atom. The third-order valence-corrected chi connectivity index (χ3v) is 4.73. The lowest BCUT2D eigenvalue weighted by Gasteiger charge is -2.15. The van der Waals surface area contributed by atoms with Crippen LogP contribution in [-0.4, -0.2) is 35.5 Å². The van der Waals surface area contributed by atoms with Crippen LogP contribution in [0.4, 0.5) is 5.69 Å². The Kier molecular flexibility index (Phi) is 5.92. The molecule has 0 saturated carbocycles. The first-order valence-corrected chi connectivity index (χ1v) is 8.98. The molecule has 2 aromatic rings. The molecule has 0 amide bonds. The number of sulfonamides is 1. The third kappa shape index (κ3) is 4.55. The topological polar surface area (TPSA) is 73.9 Å². The Morgan fingerprint density at radius 1 is 0.917 bits per heavy atom. The van der Waals surface area contributed by atoms with E-state index in [0.29, 0.717) is 29.4 Å². The summed E-state index contributed by atoms with van der Waals surface area (Å²) in [5.74, 6) is 1.16. The summed E-state index contributed by atoms with van der Waals surface area (Å²) in [5.41, 5.74) is 1.32. The summed E-state index contributed by atoms with van der Waals surface area (Å²) in [6, 6.07) is 12.6. The van der Waals surface area contributed by atoms with Crippen molar-refractivity contribution in [3.8, 4) is 17.2 Å². The lowest BCUT2D eigenvalue weighted by atomic mass is 10.2. The zero-order valence-electron chi connectivity index (χ0n) is 13.9. The van der Waals surface area contributed by atoms with Crippen molar-refractivity contribution in [3.05, 3.63) is 48.0 Å². The second kappa shape index (κ2) is 7.92. The van der Waals surface area contributed by atoms with E-state index >= 15 is 0 Å². The Bertz CT molecular complexity index is 750. The van der Waals surface area contributed by atoms with Crippen LogP contribution in [0.5, 0.6) is 17.2 Å². The normalized spacial score (nSPS) is 11.0. The standard InChI is InChI=1S/C17H21NO5S/c1-21-15-11-14(12-16(22-2)17(15)23-3)18-24(19,20)10-9-13-7-5-4-6-8-13/h4-8,11-12,18H,9-10H2,1-3H3. The number of nitrogens with one attached hydrogen (secondary N) is 1. The van der Waals surface area contributed by atoms with Gasteiger partial charge in [0.05, 0.1) is 32.8 Å². The van der Waals surface area contributed by atoms with Crippen molar-refractivity contribution in [2.24, 2.45) is 0 Å². The van der Waals surface area contributed by atoms with Gasteiger partial charge in [-0.15, -0.1) is 0 Å². The summed E-state index contributed by atoms with van der Waals surface area (Å²) < 4.78 is 42.8.